The monoisotopic (exact) mass is 205 g/mol. The molecule has 0 aliphatic carbocycles. The maximum absolute atomic E-state index is 12.9. The van der Waals surface area contributed by atoms with Gasteiger partial charge in [-0.15, -0.1) is 0 Å². The quantitative estimate of drug-likeness (QED) is 0.658. The number of hydrogen-bond donors (Lipinski definition) is 0. The Morgan fingerprint density at radius 2 is 2.13 bits per heavy atom. The van der Waals surface area contributed by atoms with Gasteiger partial charge >= 0.3 is 0 Å². The molecule has 0 amide bonds. The van der Waals surface area contributed by atoms with Gasteiger partial charge in [-0.1, -0.05) is 6.07 Å². The minimum atomic E-state index is -0.449. The summed E-state index contributed by atoms with van der Waals surface area (Å²) in [4.78, 5) is 5.85. The second kappa shape index (κ2) is 4.26. The van der Waals surface area contributed by atoms with Crippen LogP contribution in [0.3, 0.4) is 0 Å². The largest absolute Gasteiger partial charge is 0.356 e. The van der Waals surface area contributed by atoms with E-state index in [2.05, 4.69) is 11.1 Å². The molecule has 0 saturated carbocycles. The number of nitriles is 1. The molecular formula is C11H12FN3. The highest BCUT2D eigenvalue weighted by Crippen LogP contribution is 2.21. The van der Waals surface area contributed by atoms with E-state index in [1.807, 2.05) is 4.90 Å². The van der Waals surface area contributed by atoms with Gasteiger partial charge in [0, 0.05) is 19.0 Å². The molecule has 1 aromatic rings. The van der Waals surface area contributed by atoms with E-state index in [0.29, 0.717) is 5.82 Å². The number of nitrogens with zero attached hydrogens (tertiary/aromatic N) is 3. The van der Waals surface area contributed by atoms with Crippen LogP contribution < -0.4 is 4.90 Å². The van der Waals surface area contributed by atoms with Crippen molar-refractivity contribution in [3.63, 3.8) is 0 Å². The zero-order valence-corrected chi connectivity index (χ0v) is 8.36. The molecule has 0 aromatic carbocycles. The van der Waals surface area contributed by atoms with Crippen LogP contribution in [0.25, 0.3) is 0 Å². The molecule has 2 rings (SSSR count). The first-order chi connectivity index (χ1) is 7.29. The molecule has 1 aliphatic rings. The Morgan fingerprint density at radius 3 is 2.73 bits per heavy atom. The lowest BCUT2D eigenvalue weighted by atomic mass is 9.99. The van der Waals surface area contributed by atoms with Crippen LogP contribution in [-0.2, 0) is 0 Å². The van der Waals surface area contributed by atoms with Crippen LogP contribution in [0.15, 0.2) is 18.2 Å². The van der Waals surface area contributed by atoms with Gasteiger partial charge < -0.3 is 4.90 Å². The third-order valence-corrected chi connectivity index (χ3v) is 2.70. The van der Waals surface area contributed by atoms with Crippen LogP contribution in [-0.4, -0.2) is 18.1 Å². The van der Waals surface area contributed by atoms with Gasteiger partial charge in [0.05, 0.1) is 6.07 Å². The number of anilines is 1. The van der Waals surface area contributed by atoms with E-state index in [4.69, 9.17) is 5.26 Å². The molecule has 15 heavy (non-hydrogen) atoms. The van der Waals surface area contributed by atoms with Gasteiger partial charge in [0.1, 0.15) is 5.82 Å². The average Bonchev–Trinajstić information content (AvgIpc) is 2.29. The summed E-state index contributed by atoms with van der Waals surface area (Å²) in [5.41, 5.74) is 0. The summed E-state index contributed by atoms with van der Waals surface area (Å²) in [5, 5.41) is 8.75. The summed E-state index contributed by atoms with van der Waals surface area (Å²) in [6.45, 7) is 1.57. The van der Waals surface area contributed by atoms with Gasteiger partial charge in [0.25, 0.3) is 0 Å². The fourth-order valence-corrected chi connectivity index (χ4v) is 1.81. The molecule has 4 heteroatoms. The molecule has 1 aromatic heterocycles. The van der Waals surface area contributed by atoms with Crippen molar-refractivity contribution in [1.82, 2.24) is 4.98 Å². The van der Waals surface area contributed by atoms with Crippen LogP contribution in [0.1, 0.15) is 12.8 Å². The van der Waals surface area contributed by atoms with Crippen LogP contribution in [0, 0.1) is 23.2 Å². The van der Waals surface area contributed by atoms with Crippen molar-refractivity contribution in [3.05, 3.63) is 24.1 Å². The number of halogens is 1. The van der Waals surface area contributed by atoms with Crippen LogP contribution >= 0.6 is 0 Å². The van der Waals surface area contributed by atoms with Crippen molar-refractivity contribution in [2.75, 3.05) is 18.0 Å². The lowest BCUT2D eigenvalue weighted by Gasteiger charge is -2.29. The SMILES string of the molecule is N#CC1CCN(c2cccc(F)n2)CC1. The average molecular weight is 205 g/mol. The smallest absolute Gasteiger partial charge is 0.214 e. The first kappa shape index (κ1) is 9.91. The summed E-state index contributed by atoms with van der Waals surface area (Å²) in [7, 11) is 0. The van der Waals surface area contributed by atoms with Gasteiger partial charge in [-0.25, -0.2) is 4.98 Å². The van der Waals surface area contributed by atoms with Gasteiger partial charge in [0.15, 0.2) is 0 Å². The Hall–Kier alpha value is -1.63. The number of aromatic nitrogens is 1. The Morgan fingerprint density at radius 1 is 1.40 bits per heavy atom. The predicted molar refractivity (Wildman–Crippen MR) is 54.7 cm³/mol. The van der Waals surface area contributed by atoms with E-state index in [-0.39, 0.29) is 5.92 Å². The summed E-state index contributed by atoms with van der Waals surface area (Å²) in [6.07, 6.45) is 1.68. The highest BCUT2D eigenvalue weighted by Gasteiger charge is 2.19. The molecule has 1 fully saturated rings. The van der Waals surface area contributed by atoms with Crippen LogP contribution in [0.5, 0.6) is 0 Å². The fourth-order valence-electron chi connectivity index (χ4n) is 1.81. The first-order valence-electron chi connectivity index (χ1n) is 5.07. The number of rotatable bonds is 1. The molecule has 0 bridgehead atoms. The maximum Gasteiger partial charge on any atom is 0.214 e. The number of pyridine rings is 1. The van der Waals surface area contributed by atoms with E-state index < -0.39 is 5.95 Å². The van der Waals surface area contributed by atoms with E-state index >= 15 is 0 Å². The molecule has 0 atom stereocenters. The van der Waals surface area contributed by atoms with Crippen molar-refractivity contribution >= 4 is 5.82 Å². The number of piperidine rings is 1. The van der Waals surface area contributed by atoms with E-state index in [1.54, 1.807) is 12.1 Å². The molecule has 0 spiro atoms. The van der Waals surface area contributed by atoms with Crippen molar-refractivity contribution in [2.24, 2.45) is 5.92 Å². The van der Waals surface area contributed by atoms with Crippen LogP contribution in [0.2, 0.25) is 0 Å². The normalized spacial score (nSPS) is 17.5. The summed E-state index contributed by atoms with van der Waals surface area (Å²) in [6, 6.07) is 7.07. The van der Waals surface area contributed by atoms with E-state index in [1.165, 1.54) is 6.07 Å². The van der Waals surface area contributed by atoms with Crippen molar-refractivity contribution < 1.29 is 4.39 Å². The van der Waals surface area contributed by atoms with Gasteiger partial charge in [-0.3, -0.25) is 0 Å². The Balaban J connectivity index is 2.05. The highest BCUT2D eigenvalue weighted by molar-refractivity contribution is 5.38. The number of hydrogen-bond acceptors (Lipinski definition) is 3. The molecule has 0 radical (unpaired) electrons. The molecule has 0 N–H and O–H groups in total. The summed E-state index contributed by atoms with van der Waals surface area (Å²) >= 11 is 0. The third kappa shape index (κ3) is 2.24. The molecule has 2 heterocycles. The van der Waals surface area contributed by atoms with Crippen molar-refractivity contribution in [3.8, 4) is 6.07 Å². The maximum atomic E-state index is 12.9. The highest BCUT2D eigenvalue weighted by atomic mass is 19.1. The Kier molecular flexibility index (Phi) is 2.82. The zero-order chi connectivity index (χ0) is 10.7. The first-order valence-corrected chi connectivity index (χ1v) is 5.07. The predicted octanol–water partition coefficient (Wildman–Crippen LogP) is 1.96. The van der Waals surface area contributed by atoms with Crippen molar-refractivity contribution in [1.29, 1.82) is 5.26 Å². The van der Waals surface area contributed by atoms with Gasteiger partial charge in [-0.05, 0) is 25.0 Å². The van der Waals surface area contributed by atoms with E-state index in [0.717, 1.165) is 25.9 Å². The lowest BCUT2D eigenvalue weighted by molar-refractivity contribution is 0.481. The van der Waals surface area contributed by atoms with Crippen molar-refractivity contribution in [2.45, 2.75) is 12.8 Å². The standard InChI is InChI=1S/C11H12FN3/c12-10-2-1-3-11(14-10)15-6-4-9(8-13)5-7-15/h1-3,9H,4-7H2. The Labute approximate surface area is 88.2 Å². The molecular weight excluding hydrogens is 193 g/mol. The topological polar surface area (TPSA) is 39.9 Å². The minimum Gasteiger partial charge on any atom is -0.356 e. The van der Waals surface area contributed by atoms with E-state index in [9.17, 15) is 4.39 Å². The molecule has 0 unspecified atom stereocenters. The van der Waals surface area contributed by atoms with Gasteiger partial charge in [-0.2, -0.15) is 9.65 Å². The summed E-state index contributed by atoms with van der Waals surface area (Å²) in [5.74, 6) is 0.371. The fraction of sp³-hybridized carbons (Fsp3) is 0.455. The second-order valence-corrected chi connectivity index (χ2v) is 3.71. The second-order valence-electron chi connectivity index (χ2n) is 3.71. The molecule has 1 aliphatic heterocycles. The minimum absolute atomic E-state index is 0.148. The molecule has 3 nitrogen and oxygen atoms in total. The zero-order valence-electron chi connectivity index (χ0n) is 8.36. The lowest BCUT2D eigenvalue weighted by Crippen LogP contribution is -2.33. The molecule has 78 valence electrons. The summed E-state index contributed by atoms with van der Waals surface area (Å²) < 4.78 is 12.9. The Bertz CT molecular complexity index is 378. The van der Waals surface area contributed by atoms with Gasteiger partial charge in [0.2, 0.25) is 5.95 Å². The molecule has 1 saturated heterocycles. The van der Waals surface area contributed by atoms with Crippen LogP contribution in [0.4, 0.5) is 10.2 Å². The third-order valence-electron chi connectivity index (χ3n) is 2.70.